The molecule has 0 unspecified atom stereocenters. The minimum atomic E-state index is -0.932. The predicted molar refractivity (Wildman–Crippen MR) is 106 cm³/mol. The van der Waals surface area contributed by atoms with Crippen LogP contribution in [0.3, 0.4) is 0 Å². The van der Waals surface area contributed by atoms with Crippen molar-refractivity contribution >= 4 is 23.5 Å². The highest BCUT2D eigenvalue weighted by Gasteiger charge is 2.39. The Balaban J connectivity index is 1.21. The highest BCUT2D eigenvalue weighted by atomic mass is 16.7. The number of benzene rings is 2. The minimum absolute atomic E-state index is 0.0710. The molecule has 1 fully saturated rings. The second kappa shape index (κ2) is 7.71. The summed E-state index contributed by atoms with van der Waals surface area (Å²) in [5.41, 5.74) is 1.23. The fourth-order valence-electron chi connectivity index (χ4n) is 3.61. The van der Waals surface area contributed by atoms with Crippen molar-refractivity contribution in [3.05, 3.63) is 42.0 Å². The van der Waals surface area contributed by atoms with E-state index in [9.17, 15) is 14.4 Å². The number of nitrogens with zero attached hydrogens (tertiary/aromatic N) is 1. The van der Waals surface area contributed by atoms with Gasteiger partial charge in [-0.15, -0.1) is 0 Å². The van der Waals surface area contributed by atoms with Crippen LogP contribution in [0.1, 0.15) is 12.0 Å². The quantitative estimate of drug-likeness (QED) is 0.700. The molecule has 31 heavy (non-hydrogen) atoms. The first-order chi connectivity index (χ1) is 15.1. The van der Waals surface area contributed by atoms with Crippen molar-refractivity contribution in [1.29, 1.82) is 0 Å². The van der Waals surface area contributed by atoms with Crippen molar-refractivity contribution in [3.8, 4) is 23.0 Å². The zero-order valence-electron chi connectivity index (χ0n) is 16.4. The summed E-state index contributed by atoms with van der Waals surface area (Å²) in [7, 11) is 0. The number of amides is 4. The highest BCUT2D eigenvalue weighted by Crippen LogP contribution is 2.34. The van der Waals surface area contributed by atoms with E-state index in [-0.39, 0.29) is 19.8 Å². The van der Waals surface area contributed by atoms with E-state index in [0.717, 1.165) is 4.90 Å². The number of carbonyl (C=O) groups is 3. The minimum Gasteiger partial charge on any atom is -0.486 e. The number of urea groups is 1. The Morgan fingerprint density at radius 1 is 0.968 bits per heavy atom. The first-order valence-electron chi connectivity index (χ1n) is 9.77. The van der Waals surface area contributed by atoms with Gasteiger partial charge in [-0.25, -0.2) is 4.79 Å². The third-order valence-corrected chi connectivity index (χ3v) is 5.10. The third kappa shape index (κ3) is 3.79. The van der Waals surface area contributed by atoms with E-state index in [0.29, 0.717) is 47.5 Å². The van der Waals surface area contributed by atoms with Crippen LogP contribution in [0.15, 0.2) is 36.4 Å². The van der Waals surface area contributed by atoms with Gasteiger partial charge in [0.25, 0.3) is 5.91 Å². The van der Waals surface area contributed by atoms with Gasteiger partial charge < -0.3 is 29.6 Å². The summed E-state index contributed by atoms with van der Waals surface area (Å²) in [6, 6.07) is 8.80. The molecular weight excluding hydrogens is 406 g/mol. The van der Waals surface area contributed by atoms with Crippen LogP contribution in [-0.4, -0.2) is 48.8 Å². The first-order valence-corrected chi connectivity index (χ1v) is 9.77. The summed E-state index contributed by atoms with van der Waals surface area (Å²) in [5.74, 6) is 1.49. The molecule has 1 atom stereocenters. The standard InChI is InChI=1S/C21H19N3O7/c25-19(22-13-2-4-15-18(8-13)29-6-5-28-15)9-14-20(26)24(21(27)23-14)10-12-1-3-16-17(7-12)31-11-30-16/h1-4,7-8,14H,5-6,9-11H2,(H,22,25)(H,23,27)/t14-/m1/s1. The normalized spacial score (nSPS) is 18.7. The molecule has 3 aliphatic heterocycles. The Bertz CT molecular complexity index is 1070. The van der Waals surface area contributed by atoms with Crippen molar-refractivity contribution in [2.75, 3.05) is 25.3 Å². The number of nitrogens with one attached hydrogen (secondary N) is 2. The van der Waals surface area contributed by atoms with Gasteiger partial charge in [0.05, 0.1) is 13.0 Å². The van der Waals surface area contributed by atoms with Gasteiger partial charge in [0.1, 0.15) is 19.3 Å². The molecule has 10 heteroatoms. The highest BCUT2D eigenvalue weighted by molar-refractivity contribution is 6.06. The van der Waals surface area contributed by atoms with Crippen LogP contribution in [-0.2, 0) is 16.1 Å². The lowest BCUT2D eigenvalue weighted by Gasteiger charge is -2.19. The van der Waals surface area contributed by atoms with Gasteiger partial charge in [-0.2, -0.15) is 0 Å². The number of imide groups is 1. The summed E-state index contributed by atoms with van der Waals surface area (Å²) >= 11 is 0. The molecule has 0 aliphatic carbocycles. The molecule has 0 spiro atoms. The van der Waals surface area contributed by atoms with Crippen LogP contribution in [0.4, 0.5) is 10.5 Å². The number of rotatable bonds is 5. The molecule has 0 radical (unpaired) electrons. The maximum absolute atomic E-state index is 12.7. The smallest absolute Gasteiger partial charge is 0.325 e. The molecule has 2 aromatic rings. The van der Waals surface area contributed by atoms with Crippen LogP contribution < -0.4 is 29.6 Å². The van der Waals surface area contributed by atoms with Crippen LogP contribution in [0.2, 0.25) is 0 Å². The molecule has 5 rings (SSSR count). The first kappa shape index (κ1) is 19.0. The number of fused-ring (bicyclic) bond motifs is 2. The number of ether oxygens (including phenoxy) is 4. The summed E-state index contributed by atoms with van der Waals surface area (Å²) in [6.45, 7) is 1.13. The molecule has 0 aromatic heterocycles. The lowest BCUT2D eigenvalue weighted by Crippen LogP contribution is -2.34. The van der Waals surface area contributed by atoms with Crippen molar-refractivity contribution in [2.45, 2.75) is 19.0 Å². The van der Waals surface area contributed by atoms with Crippen molar-refractivity contribution in [3.63, 3.8) is 0 Å². The average Bonchev–Trinajstić information content (AvgIpc) is 3.33. The van der Waals surface area contributed by atoms with Crippen molar-refractivity contribution in [2.24, 2.45) is 0 Å². The van der Waals surface area contributed by atoms with Gasteiger partial charge in [-0.3, -0.25) is 14.5 Å². The van der Waals surface area contributed by atoms with Gasteiger partial charge >= 0.3 is 6.03 Å². The van der Waals surface area contributed by atoms with Crippen LogP contribution in [0, 0.1) is 0 Å². The van der Waals surface area contributed by atoms with Gasteiger partial charge in [0.2, 0.25) is 12.7 Å². The van der Waals surface area contributed by atoms with E-state index in [1.807, 2.05) is 0 Å². The zero-order chi connectivity index (χ0) is 21.4. The average molecular weight is 425 g/mol. The molecule has 2 N–H and O–H groups in total. The fraction of sp³-hybridized carbons (Fsp3) is 0.286. The maximum Gasteiger partial charge on any atom is 0.325 e. The Kier molecular flexibility index (Phi) is 4.73. The predicted octanol–water partition coefficient (Wildman–Crippen LogP) is 1.64. The van der Waals surface area contributed by atoms with E-state index in [4.69, 9.17) is 18.9 Å². The monoisotopic (exact) mass is 425 g/mol. The lowest BCUT2D eigenvalue weighted by molar-refractivity contribution is -0.130. The summed E-state index contributed by atoms with van der Waals surface area (Å²) < 4.78 is 21.5. The Labute approximate surface area is 177 Å². The lowest BCUT2D eigenvalue weighted by atomic mass is 10.1. The van der Waals surface area contributed by atoms with Gasteiger partial charge in [-0.05, 0) is 29.8 Å². The second-order valence-electron chi connectivity index (χ2n) is 7.22. The van der Waals surface area contributed by atoms with Crippen LogP contribution in [0.25, 0.3) is 0 Å². The van der Waals surface area contributed by atoms with E-state index in [1.165, 1.54) is 0 Å². The number of anilines is 1. The van der Waals surface area contributed by atoms with E-state index in [1.54, 1.807) is 36.4 Å². The van der Waals surface area contributed by atoms with Gasteiger partial charge in [0.15, 0.2) is 23.0 Å². The zero-order valence-corrected chi connectivity index (χ0v) is 16.4. The van der Waals surface area contributed by atoms with Gasteiger partial charge in [0, 0.05) is 11.8 Å². The van der Waals surface area contributed by atoms with Gasteiger partial charge in [-0.1, -0.05) is 6.07 Å². The molecule has 0 bridgehead atoms. The summed E-state index contributed by atoms with van der Waals surface area (Å²) in [6.07, 6.45) is -0.184. The van der Waals surface area contributed by atoms with E-state index < -0.39 is 23.9 Å². The van der Waals surface area contributed by atoms with Crippen molar-refractivity contribution in [1.82, 2.24) is 10.2 Å². The fourth-order valence-corrected chi connectivity index (χ4v) is 3.61. The maximum atomic E-state index is 12.7. The molecule has 4 amide bonds. The third-order valence-electron chi connectivity index (χ3n) is 5.10. The van der Waals surface area contributed by atoms with Crippen LogP contribution >= 0.6 is 0 Å². The topological polar surface area (TPSA) is 115 Å². The molecule has 10 nitrogen and oxygen atoms in total. The number of carbonyl (C=O) groups excluding carboxylic acids is 3. The molecule has 3 heterocycles. The largest absolute Gasteiger partial charge is 0.486 e. The Morgan fingerprint density at radius 2 is 1.68 bits per heavy atom. The van der Waals surface area contributed by atoms with E-state index in [2.05, 4.69) is 10.6 Å². The molecule has 0 saturated carbocycles. The molecule has 3 aliphatic rings. The summed E-state index contributed by atoms with van der Waals surface area (Å²) in [5, 5.41) is 5.29. The number of hydrogen-bond acceptors (Lipinski definition) is 7. The molecule has 1 saturated heterocycles. The SMILES string of the molecule is O=C(C[C@H]1NC(=O)N(Cc2ccc3c(c2)OCO3)C1=O)Nc1ccc2c(c1)OCCO2. The van der Waals surface area contributed by atoms with Crippen molar-refractivity contribution < 1.29 is 33.3 Å². The number of hydrogen-bond donors (Lipinski definition) is 2. The van der Waals surface area contributed by atoms with Crippen LogP contribution in [0.5, 0.6) is 23.0 Å². The second-order valence-corrected chi connectivity index (χ2v) is 7.22. The van der Waals surface area contributed by atoms with E-state index >= 15 is 0 Å². The Hall–Kier alpha value is -3.95. The molecule has 2 aromatic carbocycles. The molecular formula is C21H19N3O7. The molecule has 160 valence electrons. The summed E-state index contributed by atoms with van der Waals surface area (Å²) in [4.78, 5) is 38.5. The Morgan fingerprint density at radius 3 is 2.55 bits per heavy atom.